The number of nitrogens with zero attached hydrogens (tertiary/aromatic N) is 1. The number of carbonyl (C=O) groups excluding carboxylic acids is 1. The first-order chi connectivity index (χ1) is 9.49. The quantitative estimate of drug-likeness (QED) is 0.873. The van der Waals surface area contributed by atoms with Gasteiger partial charge >= 0.3 is 0 Å². The van der Waals surface area contributed by atoms with Gasteiger partial charge in [-0.05, 0) is 25.1 Å². The van der Waals surface area contributed by atoms with Gasteiger partial charge in [0.15, 0.2) is 0 Å². The summed E-state index contributed by atoms with van der Waals surface area (Å²) in [5, 5.41) is 0. The maximum Gasteiger partial charge on any atom is 0.255 e. The van der Waals surface area contributed by atoms with E-state index in [0.717, 1.165) is 5.56 Å². The molecule has 20 heavy (non-hydrogen) atoms. The fourth-order valence-corrected chi connectivity index (χ4v) is 2.01. The number of nitrogen functional groups attached to an aromatic ring is 1. The molecule has 3 nitrogen and oxygen atoms in total. The first-order valence-corrected chi connectivity index (χ1v) is 6.34. The largest absolute Gasteiger partial charge is 0.398 e. The van der Waals surface area contributed by atoms with Crippen LogP contribution in [0.4, 0.5) is 10.1 Å². The predicted octanol–water partition coefficient (Wildman–Crippen LogP) is 2.99. The summed E-state index contributed by atoms with van der Waals surface area (Å²) in [7, 11) is 1.64. The average Bonchev–Trinajstić information content (AvgIpc) is 2.43. The smallest absolute Gasteiger partial charge is 0.255 e. The maximum absolute atomic E-state index is 13.6. The minimum atomic E-state index is -0.315. The lowest BCUT2D eigenvalue weighted by molar-refractivity contribution is 0.0785. The van der Waals surface area contributed by atoms with Crippen LogP contribution < -0.4 is 5.73 Å². The van der Waals surface area contributed by atoms with Crippen LogP contribution in [-0.4, -0.2) is 17.9 Å². The highest BCUT2D eigenvalue weighted by Gasteiger charge is 2.16. The van der Waals surface area contributed by atoms with Crippen molar-refractivity contribution >= 4 is 11.6 Å². The Morgan fingerprint density at radius 2 is 1.95 bits per heavy atom. The van der Waals surface area contributed by atoms with Gasteiger partial charge in [0, 0.05) is 24.8 Å². The van der Waals surface area contributed by atoms with E-state index in [1.54, 1.807) is 37.4 Å². The van der Waals surface area contributed by atoms with Gasteiger partial charge in [-0.2, -0.15) is 0 Å². The van der Waals surface area contributed by atoms with Gasteiger partial charge in [0.1, 0.15) is 5.82 Å². The van der Waals surface area contributed by atoms with Crippen molar-refractivity contribution in [3.63, 3.8) is 0 Å². The number of anilines is 1. The number of amides is 1. The summed E-state index contributed by atoms with van der Waals surface area (Å²) in [4.78, 5) is 13.8. The highest BCUT2D eigenvalue weighted by molar-refractivity contribution is 5.99. The van der Waals surface area contributed by atoms with Gasteiger partial charge in [-0.25, -0.2) is 4.39 Å². The van der Waals surface area contributed by atoms with Crippen LogP contribution in [0.3, 0.4) is 0 Å². The second-order valence-corrected chi connectivity index (χ2v) is 4.84. The molecule has 2 aromatic rings. The summed E-state index contributed by atoms with van der Waals surface area (Å²) >= 11 is 0. The Morgan fingerprint density at radius 1 is 1.25 bits per heavy atom. The van der Waals surface area contributed by atoms with Gasteiger partial charge in [-0.15, -0.1) is 0 Å². The Hall–Kier alpha value is -2.36. The molecule has 0 bridgehead atoms. The molecule has 0 radical (unpaired) electrons. The normalized spacial score (nSPS) is 10.3. The maximum atomic E-state index is 13.6. The van der Waals surface area contributed by atoms with Crippen molar-refractivity contribution < 1.29 is 9.18 Å². The van der Waals surface area contributed by atoms with Crippen molar-refractivity contribution in [1.82, 2.24) is 4.90 Å². The summed E-state index contributed by atoms with van der Waals surface area (Å²) in [5.74, 6) is -0.529. The molecule has 0 saturated carbocycles. The molecule has 0 aliphatic heterocycles. The number of aryl methyl sites for hydroxylation is 1. The van der Waals surface area contributed by atoms with Crippen molar-refractivity contribution in [3.05, 3.63) is 65.0 Å². The van der Waals surface area contributed by atoms with Crippen LogP contribution in [0.25, 0.3) is 0 Å². The lowest BCUT2D eigenvalue weighted by atomic mass is 10.1. The Kier molecular flexibility index (Phi) is 4.03. The lowest BCUT2D eigenvalue weighted by Crippen LogP contribution is -2.27. The zero-order valence-corrected chi connectivity index (χ0v) is 11.6. The first kappa shape index (κ1) is 14.1. The molecular formula is C16H17FN2O. The van der Waals surface area contributed by atoms with E-state index in [1.165, 1.54) is 11.0 Å². The molecule has 1 amide bonds. The molecule has 0 fully saturated rings. The molecule has 0 aliphatic rings. The third kappa shape index (κ3) is 2.96. The molecule has 4 heteroatoms. The molecule has 0 spiro atoms. The van der Waals surface area contributed by atoms with Crippen LogP contribution in [0.5, 0.6) is 0 Å². The SMILES string of the molecule is Cc1ccc(N)c(C(=O)N(C)Cc2ccccc2F)c1. The molecule has 0 atom stereocenters. The topological polar surface area (TPSA) is 46.3 Å². The van der Waals surface area contributed by atoms with Gasteiger partial charge in [0.05, 0.1) is 5.56 Å². The second-order valence-electron chi connectivity index (χ2n) is 4.84. The van der Waals surface area contributed by atoms with Gasteiger partial charge in [-0.3, -0.25) is 4.79 Å². The third-order valence-electron chi connectivity index (χ3n) is 3.15. The van der Waals surface area contributed by atoms with Gasteiger partial charge in [0.2, 0.25) is 0 Å². The zero-order chi connectivity index (χ0) is 14.7. The van der Waals surface area contributed by atoms with Crippen LogP contribution >= 0.6 is 0 Å². The van der Waals surface area contributed by atoms with Crippen LogP contribution in [0, 0.1) is 12.7 Å². The van der Waals surface area contributed by atoms with E-state index in [1.807, 2.05) is 13.0 Å². The van der Waals surface area contributed by atoms with Crippen LogP contribution in [-0.2, 0) is 6.54 Å². The highest BCUT2D eigenvalue weighted by Crippen LogP contribution is 2.17. The average molecular weight is 272 g/mol. The fourth-order valence-electron chi connectivity index (χ4n) is 2.01. The fraction of sp³-hybridized carbons (Fsp3) is 0.188. The molecule has 0 aliphatic carbocycles. The highest BCUT2D eigenvalue weighted by atomic mass is 19.1. The predicted molar refractivity (Wildman–Crippen MR) is 77.8 cm³/mol. The van der Waals surface area contributed by atoms with E-state index in [9.17, 15) is 9.18 Å². The Bertz CT molecular complexity index is 640. The van der Waals surface area contributed by atoms with Gasteiger partial charge in [-0.1, -0.05) is 29.8 Å². The Morgan fingerprint density at radius 3 is 2.65 bits per heavy atom. The van der Waals surface area contributed by atoms with Crippen LogP contribution in [0.15, 0.2) is 42.5 Å². The van der Waals surface area contributed by atoms with Crippen molar-refractivity contribution in [1.29, 1.82) is 0 Å². The van der Waals surface area contributed by atoms with E-state index in [-0.39, 0.29) is 18.3 Å². The number of hydrogen-bond acceptors (Lipinski definition) is 2. The van der Waals surface area contributed by atoms with Gasteiger partial charge in [0.25, 0.3) is 5.91 Å². The number of rotatable bonds is 3. The summed E-state index contributed by atoms with van der Waals surface area (Å²) in [6, 6.07) is 11.7. The number of nitrogens with two attached hydrogens (primary N) is 1. The molecule has 0 heterocycles. The standard InChI is InChI=1S/C16H17FN2O/c1-11-7-8-15(18)13(9-11)16(20)19(2)10-12-5-3-4-6-14(12)17/h3-9H,10,18H2,1-2H3. The monoisotopic (exact) mass is 272 g/mol. The Labute approximate surface area is 117 Å². The summed E-state index contributed by atoms with van der Waals surface area (Å²) in [6.07, 6.45) is 0. The van der Waals surface area contributed by atoms with E-state index in [0.29, 0.717) is 16.8 Å². The lowest BCUT2D eigenvalue weighted by Gasteiger charge is -2.19. The number of carbonyl (C=O) groups is 1. The van der Waals surface area contributed by atoms with Gasteiger partial charge < -0.3 is 10.6 Å². The minimum absolute atomic E-state index is 0.207. The van der Waals surface area contributed by atoms with Crippen molar-refractivity contribution in [2.45, 2.75) is 13.5 Å². The molecule has 0 unspecified atom stereocenters. The molecule has 104 valence electrons. The van der Waals surface area contributed by atoms with E-state index >= 15 is 0 Å². The Balaban J connectivity index is 2.21. The molecule has 0 saturated heterocycles. The van der Waals surface area contributed by atoms with Crippen molar-refractivity contribution in [2.24, 2.45) is 0 Å². The molecule has 2 N–H and O–H groups in total. The van der Waals surface area contributed by atoms with E-state index < -0.39 is 0 Å². The second kappa shape index (κ2) is 5.74. The molecule has 2 rings (SSSR count). The molecule has 2 aromatic carbocycles. The van der Waals surface area contributed by atoms with Crippen LogP contribution in [0.1, 0.15) is 21.5 Å². The summed E-state index contributed by atoms with van der Waals surface area (Å²) < 4.78 is 13.6. The molecule has 0 aromatic heterocycles. The van der Waals surface area contributed by atoms with Crippen LogP contribution in [0.2, 0.25) is 0 Å². The zero-order valence-electron chi connectivity index (χ0n) is 11.6. The molecular weight excluding hydrogens is 255 g/mol. The number of hydrogen-bond donors (Lipinski definition) is 1. The number of halogens is 1. The van der Waals surface area contributed by atoms with Crippen molar-refractivity contribution in [3.8, 4) is 0 Å². The number of benzene rings is 2. The summed E-state index contributed by atoms with van der Waals surface area (Å²) in [6.45, 7) is 2.10. The minimum Gasteiger partial charge on any atom is -0.398 e. The third-order valence-corrected chi connectivity index (χ3v) is 3.15. The summed E-state index contributed by atoms with van der Waals surface area (Å²) in [5.41, 5.74) is 8.15. The van der Waals surface area contributed by atoms with E-state index in [2.05, 4.69) is 0 Å². The van der Waals surface area contributed by atoms with Crippen molar-refractivity contribution in [2.75, 3.05) is 12.8 Å². The first-order valence-electron chi connectivity index (χ1n) is 6.34. The van der Waals surface area contributed by atoms with E-state index in [4.69, 9.17) is 5.73 Å².